The molecule has 1 aliphatic rings. The van der Waals surface area contributed by atoms with Crippen LogP contribution in [0.3, 0.4) is 0 Å². The third kappa shape index (κ3) is 3.73. The van der Waals surface area contributed by atoms with E-state index in [1.165, 1.54) is 19.3 Å². The molecule has 0 saturated carbocycles. The second kappa shape index (κ2) is 4.73. The smallest absolute Gasteiger partial charge is 0.107 e. The number of ether oxygens (including phenoxy) is 1. The largest absolute Gasteiger partial charge is 0.390 e. The van der Waals surface area contributed by atoms with Crippen molar-refractivity contribution >= 4 is 0 Å². The zero-order valence-electron chi connectivity index (χ0n) is 7.25. The standard InChI is InChI=1S/C9H18O2/c1-2-3-4-5-6-8(10)9-7-11-9/h8-10H,2-7H2,1H3. The van der Waals surface area contributed by atoms with Gasteiger partial charge in [-0.15, -0.1) is 0 Å². The molecular weight excluding hydrogens is 140 g/mol. The van der Waals surface area contributed by atoms with Gasteiger partial charge in [-0.2, -0.15) is 0 Å². The Bertz CT molecular complexity index is 99.7. The number of aliphatic hydroxyl groups excluding tert-OH is 1. The molecule has 2 atom stereocenters. The van der Waals surface area contributed by atoms with Crippen molar-refractivity contribution in [3.05, 3.63) is 0 Å². The number of epoxide rings is 1. The van der Waals surface area contributed by atoms with E-state index in [2.05, 4.69) is 6.92 Å². The Morgan fingerprint density at radius 1 is 1.45 bits per heavy atom. The van der Waals surface area contributed by atoms with Crippen molar-refractivity contribution in [2.75, 3.05) is 6.61 Å². The van der Waals surface area contributed by atoms with Crippen molar-refractivity contribution in [3.8, 4) is 0 Å². The van der Waals surface area contributed by atoms with Crippen LogP contribution < -0.4 is 0 Å². The summed E-state index contributed by atoms with van der Waals surface area (Å²) in [5, 5.41) is 9.36. The lowest BCUT2D eigenvalue weighted by Gasteiger charge is -2.05. The summed E-state index contributed by atoms with van der Waals surface area (Å²) >= 11 is 0. The molecule has 66 valence electrons. The molecule has 0 amide bonds. The van der Waals surface area contributed by atoms with Crippen LogP contribution in [0.25, 0.3) is 0 Å². The monoisotopic (exact) mass is 158 g/mol. The Morgan fingerprint density at radius 3 is 2.73 bits per heavy atom. The predicted molar refractivity (Wildman–Crippen MR) is 44.5 cm³/mol. The highest BCUT2D eigenvalue weighted by Crippen LogP contribution is 2.18. The molecule has 1 fully saturated rings. The van der Waals surface area contributed by atoms with Gasteiger partial charge in [-0.25, -0.2) is 0 Å². The molecule has 0 spiro atoms. The zero-order valence-corrected chi connectivity index (χ0v) is 7.25. The van der Waals surface area contributed by atoms with Gasteiger partial charge in [-0.05, 0) is 6.42 Å². The van der Waals surface area contributed by atoms with E-state index in [0.29, 0.717) is 0 Å². The Balaban J connectivity index is 1.85. The summed E-state index contributed by atoms with van der Waals surface area (Å²) in [7, 11) is 0. The lowest BCUT2D eigenvalue weighted by Crippen LogP contribution is -2.13. The van der Waals surface area contributed by atoms with Crippen LogP contribution in [-0.2, 0) is 4.74 Å². The number of hydrogen-bond donors (Lipinski definition) is 1. The van der Waals surface area contributed by atoms with Gasteiger partial charge >= 0.3 is 0 Å². The first-order chi connectivity index (χ1) is 5.34. The topological polar surface area (TPSA) is 32.8 Å². The number of rotatable bonds is 6. The number of aliphatic hydroxyl groups is 1. The van der Waals surface area contributed by atoms with Crippen LogP contribution >= 0.6 is 0 Å². The summed E-state index contributed by atoms with van der Waals surface area (Å²) in [6.07, 6.45) is 5.86. The maximum Gasteiger partial charge on any atom is 0.107 e. The van der Waals surface area contributed by atoms with Crippen LogP contribution in [0.15, 0.2) is 0 Å². The highest BCUT2D eigenvalue weighted by Gasteiger charge is 2.30. The second-order valence-corrected chi connectivity index (χ2v) is 3.29. The maximum atomic E-state index is 9.36. The van der Waals surface area contributed by atoms with Crippen molar-refractivity contribution in [2.45, 2.75) is 51.2 Å². The molecule has 1 N–H and O–H groups in total. The number of hydrogen-bond acceptors (Lipinski definition) is 2. The van der Waals surface area contributed by atoms with E-state index in [9.17, 15) is 5.11 Å². The summed E-state index contributed by atoms with van der Waals surface area (Å²) in [4.78, 5) is 0. The van der Waals surface area contributed by atoms with Crippen LogP contribution in [-0.4, -0.2) is 23.9 Å². The third-order valence-electron chi connectivity index (χ3n) is 2.14. The first kappa shape index (κ1) is 9.01. The summed E-state index contributed by atoms with van der Waals surface area (Å²) in [6, 6.07) is 0. The van der Waals surface area contributed by atoms with Crippen LogP contribution in [0.4, 0.5) is 0 Å². The van der Waals surface area contributed by atoms with Crippen molar-refractivity contribution in [3.63, 3.8) is 0 Å². The predicted octanol–water partition coefficient (Wildman–Crippen LogP) is 1.72. The molecule has 2 unspecified atom stereocenters. The van der Waals surface area contributed by atoms with Crippen molar-refractivity contribution < 1.29 is 9.84 Å². The summed E-state index contributed by atoms with van der Waals surface area (Å²) < 4.78 is 4.98. The van der Waals surface area contributed by atoms with Crippen LogP contribution in [0.1, 0.15) is 39.0 Å². The van der Waals surface area contributed by atoms with E-state index < -0.39 is 0 Å². The highest BCUT2D eigenvalue weighted by molar-refractivity contribution is 4.77. The van der Waals surface area contributed by atoms with Gasteiger partial charge in [-0.1, -0.05) is 32.6 Å². The number of unbranched alkanes of at least 4 members (excludes halogenated alkanes) is 3. The lowest BCUT2D eigenvalue weighted by atomic mass is 10.1. The highest BCUT2D eigenvalue weighted by atomic mass is 16.6. The van der Waals surface area contributed by atoms with Gasteiger partial charge in [0.2, 0.25) is 0 Å². The van der Waals surface area contributed by atoms with Gasteiger partial charge in [0, 0.05) is 0 Å². The second-order valence-electron chi connectivity index (χ2n) is 3.29. The first-order valence-corrected chi connectivity index (χ1v) is 4.64. The Hall–Kier alpha value is -0.0800. The molecular formula is C9H18O2. The van der Waals surface area contributed by atoms with Gasteiger partial charge < -0.3 is 9.84 Å². The molecule has 2 nitrogen and oxygen atoms in total. The quantitative estimate of drug-likeness (QED) is 0.471. The van der Waals surface area contributed by atoms with Crippen LogP contribution in [0.2, 0.25) is 0 Å². The van der Waals surface area contributed by atoms with E-state index in [1.807, 2.05) is 0 Å². The average molecular weight is 158 g/mol. The summed E-state index contributed by atoms with van der Waals surface area (Å²) in [5.74, 6) is 0. The SMILES string of the molecule is CCCCCCC(O)C1CO1. The fraction of sp³-hybridized carbons (Fsp3) is 1.00. The molecule has 0 aromatic carbocycles. The molecule has 0 bridgehead atoms. The van der Waals surface area contributed by atoms with Gasteiger partial charge in [0.25, 0.3) is 0 Å². The zero-order chi connectivity index (χ0) is 8.10. The molecule has 1 saturated heterocycles. The van der Waals surface area contributed by atoms with Crippen molar-refractivity contribution in [1.82, 2.24) is 0 Å². The van der Waals surface area contributed by atoms with Gasteiger partial charge in [0.15, 0.2) is 0 Å². The minimum absolute atomic E-state index is 0.177. The van der Waals surface area contributed by atoms with E-state index in [0.717, 1.165) is 19.4 Å². The molecule has 2 heteroatoms. The normalized spacial score (nSPS) is 25.1. The Kier molecular flexibility index (Phi) is 3.87. The molecule has 1 heterocycles. The third-order valence-corrected chi connectivity index (χ3v) is 2.14. The first-order valence-electron chi connectivity index (χ1n) is 4.64. The van der Waals surface area contributed by atoms with Crippen molar-refractivity contribution in [1.29, 1.82) is 0 Å². The fourth-order valence-corrected chi connectivity index (χ4v) is 1.24. The maximum absolute atomic E-state index is 9.36. The average Bonchev–Trinajstić information content (AvgIpc) is 2.79. The molecule has 0 aromatic rings. The molecule has 11 heavy (non-hydrogen) atoms. The molecule has 1 rings (SSSR count). The van der Waals surface area contributed by atoms with Gasteiger partial charge in [0.05, 0.1) is 12.7 Å². The molecule has 0 aromatic heterocycles. The molecule has 1 aliphatic heterocycles. The minimum Gasteiger partial charge on any atom is -0.390 e. The van der Waals surface area contributed by atoms with E-state index in [-0.39, 0.29) is 12.2 Å². The molecule has 0 aliphatic carbocycles. The van der Waals surface area contributed by atoms with E-state index in [1.54, 1.807) is 0 Å². The fourth-order valence-electron chi connectivity index (χ4n) is 1.24. The van der Waals surface area contributed by atoms with Crippen LogP contribution in [0.5, 0.6) is 0 Å². The van der Waals surface area contributed by atoms with Gasteiger partial charge in [0.1, 0.15) is 6.10 Å². The molecule has 0 radical (unpaired) electrons. The minimum atomic E-state index is -0.188. The van der Waals surface area contributed by atoms with Gasteiger partial charge in [-0.3, -0.25) is 0 Å². The van der Waals surface area contributed by atoms with Crippen LogP contribution in [0, 0.1) is 0 Å². The Labute approximate surface area is 68.6 Å². The van der Waals surface area contributed by atoms with Crippen molar-refractivity contribution in [2.24, 2.45) is 0 Å². The summed E-state index contributed by atoms with van der Waals surface area (Å²) in [6.45, 7) is 2.97. The lowest BCUT2D eigenvalue weighted by molar-refractivity contribution is 0.123. The Morgan fingerprint density at radius 2 is 2.18 bits per heavy atom. The summed E-state index contributed by atoms with van der Waals surface area (Å²) in [5.41, 5.74) is 0. The van der Waals surface area contributed by atoms with E-state index >= 15 is 0 Å². The van der Waals surface area contributed by atoms with E-state index in [4.69, 9.17) is 4.74 Å².